The van der Waals surface area contributed by atoms with E-state index in [0.29, 0.717) is 36.4 Å². The Morgan fingerprint density at radius 3 is 2.77 bits per heavy atom. The number of nitrogens with one attached hydrogen (secondary N) is 1. The number of nitrogens with zero attached hydrogens (tertiary/aromatic N) is 2. The number of amides is 4. The van der Waals surface area contributed by atoms with Gasteiger partial charge in [-0.2, -0.15) is 11.8 Å². The first kappa shape index (κ1) is 18.4. The van der Waals surface area contributed by atoms with Crippen LogP contribution in [0.1, 0.15) is 30.1 Å². The summed E-state index contributed by atoms with van der Waals surface area (Å²) < 4.78 is 0. The summed E-state index contributed by atoms with van der Waals surface area (Å²) in [5.41, 5.74) is 0.861. The highest BCUT2D eigenvalue weighted by Crippen LogP contribution is 2.31. The van der Waals surface area contributed by atoms with Gasteiger partial charge in [0, 0.05) is 18.2 Å². The summed E-state index contributed by atoms with van der Waals surface area (Å²) in [4.78, 5) is 51.6. The smallest absolute Gasteiger partial charge is 0.332 e. The lowest BCUT2D eigenvalue weighted by molar-refractivity contribution is -0.123. The van der Waals surface area contributed by atoms with Crippen molar-refractivity contribution in [3.05, 3.63) is 29.8 Å². The zero-order valence-electron chi connectivity index (χ0n) is 14.7. The minimum absolute atomic E-state index is 0.0567. The SMILES string of the molecule is CSCC(=O)N[C@H]1CCN2C(=O)N(c3cccc(C(C)=O)c3)C(=O)[C@H]2C1. The largest absolute Gasteiger partial charge is 0.352 e. The number of hydrogen-bond donors (Lipinski definition) is 1. The second-order valence-corrected chi connectivity index (χ2v) is 7.36. The van der Waals surface area contributed by atoms with Crippen LogP contribution in [-0.4, -0.2) is 59.2 Å². The average Bonchev–Trinajstić information content (AvgIpc) is 2.86. The van der Waals surface area contributed by atoms with Gasteiger partial charge < -0.3 is 10.2 Å². The molecule has 0 aromatic heterocycles. The lowest BCUT2D eigenvalue weighted by Gasteiger charge is -2.32. The van der Waals surface area contributed by atoms with Crippen LogP contribution in [0.4, 0.5) is 10.5 Å². The van der Waals surface area contributed by atoms with Crippen molar-refractivity contribution in [3.63, 3.8) is 0 Å². The van der Waals surface area contributed by atoms with E-state index in [-0.39, 0.29) is 29.7 Å². The summed E-state index contributed by atoms with van der Waals surface area (Å²) in [6, 6.07) is 5.48. The van der Waals surface area contributed by atoms with Crippen LogP contribution in [0.25, 0.3) is 0 Å². The third kappa shape index (κ3) is 3.46. The zero-order valence-corrected chi connectivity index (χ0v) is 15.5. The zero-order chi connectivity index (χ0) is 18.8. The second kappa shape index (κ2) is 7.49. The number of carbonyl (C=O) groups is 4. The molecule has 2 heterocycles. The molecule has 2 atom stereocenters. The molecule has 0 aliphatic carbocycles. The molecule has 0 bridgehead atoms. The van der Waals surface area contributed by atoms with Gasteiger partial charge in [0.1, 0.15) is 6.04 Å². The van der Waals surface area contributed by atoms with E-state index in [1.54, 1.807) is 29.2 Å². The van der Waals surface area contributed by atoms with Gasteiger partial charge in [-0.25, -0.2) is 9.69 Å². The topological polar surface area (TPSA) is 86.8 Å². The normalized spacial score (nSPS) is 22.4. The fourth-order valence-electron chi connectivity index (χ4n) is 3.43. The van der Waals surface area contributed by atoms with Gasteiger partial charge in [0.2, 0.25) is 5.91 Å². The molecule has 1 aromatic rings. The van der Waals surface area contributed by atoms with Gasteiger partial charge in [-0.1, -0.05) is 12.1 Å². The standard InChI is InChI=1S/C18H21N3O4S/c1-11(22)12-4-3-5-14(8-12)21-17(24)15-9-13(19-16(23)10-26-2)6-7-20(15)18(21)25/h3-5,8,13,15H,6-7,9-10H2,1-2H3,(H,19,23)/t13-,15+/m0/s1. The van der Waals surface area contributed by atoms with Crippen LogP contribution in [0.2, 0.25) is 0 Å². The average molecular weight is 375 g/mol. The minimum Gasteiger partial charge on any atom is -0.352 e. The van der Waals surface area contributed by atoms with Gasteiger partial charge in [-0.3, -0.25) is 14.4 Å². The summed E-state index contributed by atoms with van der Waals surface area (Å²) in [5, 5.41) is 2.93. The maximum Gasteiger partial charge on any atom is 0.332 e. The monoisotopic (exact) mass is 375 g/mol. The van der Waals surface area contributed by atoms with Gasteiger partial charge in [-0.05, 0) is 38.2 Å². The fraction of sp³-hybridized carbons (Fsp3) is 0.444. The predicted octanol–water partition coefficient (Wildman–Crippen LogP) is 1.67. The molecule has 138 valence electrons. The Hall–Kier alpha value is -2.35. The molecule has 26 heavy (non-hydrogen) atoms. The molecule has 2 aliphatic rings. The van der Waals surface area contributed by atoms with E-state index < -0.39 is 6.04 Å². The number of hydrogen-bond acceptors (Lipinski definition) is 5. The van der Waals surface area contributed by atoms with Crippen LogP contribution in [0.5, 0.6) is 0 Å². The third-order valence-corrected chi connectivity index (χ3v) is 5.25. The number of thioether (sulfide) groups is 1. The van der Waals surface area contributed by atoms with Gasteiger partial charge in [0.05, 0.1) is 11.4 Å². The van der Waals surface area contributed by atoms with Crippen LogP contribution < -0.4 is 10.2 Å². The molecule has 3 rings (SSSR count). The van der Waals surface area contributed by atoms with Crippen LogP contribution >= 0.6 is 11.8 Å². The van der Waals surface area contributed by atoms with E-state index in [9.17, 15) is 19.2 Å². The summed E-state index contributed by atoms with van der Waals surface area (Å²) in [7, 11) is 0. The van der Waals surface area contributed by atoms with Crippen molar-refractivity contribution < 1.29 is 19.2 Å². The van der Waals surface area contributed by atoms with E-state index >= 15 is 0 Å². The lowest BCUT2D eigenvalue weighted by atomic mass is 9.98. The first-order valence-electron chi connectivity index (χ1n) is 8.46. The Bertz CT molecular complexity index is 767. The lowest BCUT2D eigenvalue weighted by Crippen LogP contribution is -2.50. The maximum atomic E-state index is 12.9. The van der Waals surface area contributed by atoms with E-state index in [0.717, 1.165) is 4.90 Å². The molecule has 2 saturated heterocycles. The molecule has 7 nitrogen and oxygen atoms in total. The minimum atomic E-state index is -0.572. The summed E-state index contributed by atoms with van der Waals surface area (Å²) >= 11 is 1.44. The van der Waals surface area contributed by atoms with Gasteiger partial charge in [0.15, 0.2) is 5.78 Å². The molecule has 1 N–H and O–H groups in total. The first-order valence-corrected chi connectivity index (χ1v) is 9.85. The number of ketones is 1. The van der Waals surface area contributed by atoms with Crippen molar-refractivity contribution >= 4 is 41.1 Å². The van der Waals surface area contributed by atoms with Gasteiger partial charge in [-0.15, -0.1) is 0 Å². The molecule has 2 fully saturated rings. The highest BCUT2D eigenvalue weighted by atomic mass is 32.2. The first-order chi connectivity index (χ1) is 12.4. The molecule has 8 heteroatoms. The molecule has 0 saturated carbocycles. The number of fused-ring (bicyclic) bond motifs is 1. The van der Waals surface area contributed by atoms with E-state index in [4.69, 9.17) is 0 Å². The number of Topliss-reactive ketones (excluding diaryl/α,β-unsaturated/α-hetero) is 1. The van der Waals surface area contributed by atoms with E-state index in [2.05, 4.69) is 5.32 Å². The number of piperidine rings is 1. The number of urea groups is 1. The number of rotatable bonds is 5. The second-order valence-electron chi connectivity index (χ2n) is 6.49. The van der Waals surface area contributed by atoms with Crippen LogP contribution in [0.3, 0.4) is 0 Å². The van der Waals surface area contributed by atoms with Gasteiger partial charge in [0.25, 0.3) is 5.91 Å². The van der Waals surface area contributed by atoms with E-state index in [1.807, 2.05) is 6.26 Å². The summed E-state index contributed by atoms with van der Waals surface area (Å²) in [6.45, 7) is 1.86. The Balaban J connectivity index is 1.78. The Kier molecular flexibility index (Phi) is 5.31. The van der Waals surface area contributed by atoms with Crippen molar-refractivity contribution in [1.82, 2.24) is 10.2 Å². The molecule has 2 aliphatic heterocycles. The number of carbonyl (C=O) groups excluding carboxylic acids is 4. The van der Waals surface area contributed by atoms with Crippen LogP contribution in [0.15, 0.2) is 24.3 Å². The van der Waals surface area contributed by atoms with Crippen molar-refractivity contribution in [1.29, 1.82) is 0 Å². The van der Waals surface area contributed by atoms with Gasteiger partial charge >= 0.3 is 6.03 Å². The Labute approximate surface area is 156 Å². The highest BCUT2D eigenvalue weighted by molar-refractivity contribution is 7.99. The van der Waals surface area contributed by atoms with Crippen molar-refractivity contribution in [2.24, 2.45) is 0 Å². The molecule has 4 amide bonds. The van der Waals surface area contributed by atoms with E-state index in [1.165, 1.54) is 18.7 Å². The van der Waals surface area contributed by atoms with Crippen LogP contribution in [-0.2, 0) is 9.59 Å². The number of imide groups is 1. The molecule has 0 radical (unpaired) electrons. The Morgan fingerprint density at radius 1 is 1.31 bits per heavy atom. The number of anilines is 1. The molecule has 1 aromatic carbocycles. The highest BCUT2D eigenvalue weighted by Gasteiger charge is 2.48. The van der Waals surface area contributed by atoms with Crippen molar-refractivity contribution in [2.45, 2.75) is 31.8 Å². The number of benzene rings is 1. The molecule has 0 spiro atoms. The maximum absolute atomic E-state index is 12.9. The quantitative estimate of drug-likeness (QED) is 0.625. The van der Waals surface area contributed by atoms with Crippen molar-refractivity contribution in [3.8, 4) is 0 Å². The summed E-state index contributed by atoms with van der Waals surface area (Å²) in [5.74, 6) is -0.111. The predicted molar refractivity (Wildman–Crippen MR) is 99.4 cm³/mol. The molecular formula is C18H21N3O4S. The van der Waals surface area contributed by atoms with Crippen molar-refractivity contribution in [2.75, 3.05) is 23.5 Å². The fourth-order valence-corrected chi connectivity index (χ4v) is 3.78. The Morgan fingerprint density at radius 2 is 2.08 bits per heavy atom. The third-order valence-electron chi connectivity index (χ3n) is 4.70. The molecular weight excluding hydrogens is 354 g/mol. The summed E-state index contributed by atoms with van der Waals surface area (Å²) in [6.07, 6.45) is 2.89. The van der Waals surface area contributed by atoms with Crippen LogP contribution in [0, 0.1) is 0 Å². The molecule has 0 unspecified atom stereocenters.